The number of benzene rings is 2. The number of ether oxygens (including phenoxy) is 1. The standard InChI is InChI=1S/C22H24N2O3/c25-21(17-7-3-1-4-8-17)18-11-13-23(14-12-18)15-20-16-24(22(26)27-20)19-9-5-2-6-10-19/h1-10,18,20H,11-16H2. The fraction of sp³-hybridized carbons (Fsp3) is 0.364. The molecule has 0 spiro atoms. The Hall–Kier alpha value is -2.66. The van der Waals surface area contributed by atoms with Gasteiger partial charge in [-0.2, -0.15) is 0 Å². The highest BCUT2D eigenvalue weighted by atomic mass is 16.6. The number of ketones is 1. The summed E-state index contributed by atoms with van der Waals surface area (Å²) >= 11 is 0. The molecular weight excluding hydrogens is 340 g/mol. The molecule has 0 aromatic heterocycles. The third kappa shape index (κ3) is 4.03. The van der Waals surface area contributed by atoms with Crippen molar-refractivity contribution in [3.63, 3.8) is 0 Å². The SMILES string of the molecule is O=C(c1ccccc1)C1CCN(CC2CN(c3ccccc3)C(=O)O2)CC1. The zero-order valence-corrected chi connectivity index (χ0v) is 15.3. The van der Waals surface area contributed by atoms with E-state index in [2.05, 4.69) is 4.90 Å². The molecule has 0 saturated carbocycles. The molecule has 1 unspecified atom stereocenters. The van der Waals surface area contributed by atoms with Crippen LogP contribution in [0.25, 0.3) is 0 Å². The summed E-state index contributed by atoms with van der Waals surface area (Å²) in [7, 11) is 0. The average molecular weight is 364 g/mol. The van der Waals surface area contributed by atoms with E-state index in [-0.39, 0.29) is 23.9 Å². The van der Waals surface area contributed by atoms with Crippen LogP contribution in [0.4, 0.5) is 10.5 Å². The van der Waals surface area contributed by atoms with E-state index in [1.165, 1.54) is 0 Å². The second kappa shape index (κ2) is 7.92. The van der Waals surface area contributed by atoms with Gasteiger partial charge in [0.15, 0.2) is 5.78 Å². The van der Waals surface area contributed by atoms with Crippen LogP contribution in [0.2, 0.25) is 0 Å². The van der Waals surface area contributed by atoms with Gasteiger partial charge in [-0.15, -0.1) is 0 Å². The molecule has 2 aliphatic heterocycles. The molecule has 4 rings (SSSR count). The number of carbonyl (C=O) groups excluding carboxylic acids is 2. The van der Waals surface area contributed by atoms with Gasteiger partial charge in [0.2, 0.25) is 0 Å². The zero-order valence-electron chi connectivity index (χ0n) is 15.3. The monoisotopic (exact) mass is 364 g/mol. The molecule has 2 heterocycles. The van der Waals surface area contributed by atoms with Gasteiger partial charge < -0.3 is 4.74 Å². The van der Waals surface area contributed by atoms with Crippen LogP contribution in [0, 0.1) is 5.92 Å². The largest absolute Gasteiger partial charge is 0.443 e. The molecule has 0 radical (unpaired) electrons. The minimum absolute atomic E-state index is 0.0931. The van der Waals surface area contributed by atoms with Crippen molar-refractivity contribution in [1.82, 2.24) is 4.90 Å². The van der Waals surface area contributed by atoms with Crippen LogP contribution in [0.15, 0.2) is 60.7 Å². The molecular formula is C22H24N2O3. The maximum absolute atomic E-state index is 12.6. The first-order valence-electron chi connectivity index (χ1n) is 9.55. The first-order chi connectivity index (χ1) is 13.2. The number of rotatable bonds is 5. The highest BCUT2D eigenvalue weighted by Gasteiger charge is 2.34. The first-order valence-corrected chi connectivity index (χ1v) is 9.55. The van der Waals surface area contributed by atoms with Crippen molar-refractivity contribution in [2.75, 3.05) is 31.1 Å². The lowest BCUT2D eigenvalue weighted by Gasteiger charge is -2.32. The summed E-state index contributed by atoms with van der Waals surface area (Å²) in [5.74, 6) is 0.341. The molecule has 0 aliphatic carbocycles. The summed E-state index contributed by atoms with van der Waals surface area (Å²) in [4.78, 5) is 28.8. The highest BCUT2D eigenvalue weighted by Crippen LogP contribution is 2.25. The fourth-order valence-electron chi connectivity index (χ4n) is 3.94. The second-order valence-electron chi connectivity index (χ2n) is 7.26. The van der Waals surface area contributed by atoms with Gasteiger partial charge in [0.1, 0.15) is 6.10 Å². The summed E-state index contributed by atoms with van der Waals surface area (Å²) < 4.78 is 5.55. The van der Waals surface area contributed by atoms with Crippen molar-refractivity contribution in [3.8, 4) is 0 Å². The van der Waals surface area contributed by atoms with Crippen LogP contribution < -0.4 is 4.90 Å². The van der Waals surface area contributed by atoms with E-state index in [4.69, 9.17) is 4.74 Å². The third-order valence-corrected chi connectivity index (χ3v) is 5.42. The number of hydrogen-bond donors (Lipinski definition) is 0. The number of cyclic esters (lactones) is 1. The topological polar surface area (TPSA) is 49.9 Å². The van der Waals surface area contributed by atoms with Crippen LogP contribution >= 0.6 is 0 Å². The third-order valence-electron chi connectivity index (χ3n) is 5.42. The number of carbonyl (C=O) groups is 2. The maximum atomic E-state index is 12.6. The summed E-state index contributed by atoms with van der Waals surface area (Å²) in [6, 6.07) is 19.2. The van der Waals surface area contributed by atoms with E-state index in [9.17, 15) is 9.59 Å². The smallest absolute Gasteiger partial charge is 0.414 e. The van der Waals surface area contributed by atoms with Crippen molar-refractivity contribution in [1.29, 1.82) is 0 Å². The minimum Gasteiger partial charge on any atom is -0.443 e. The number of nitrogens with zero attached hydrogens (tertiary/aromatic N) is 2. The lowest BCUT2D eigenvalue weighted by atomic mass is 9.89. The van der Waals surface area contributed by atoms with Crippen molar-refractivity contribution >= 4 is 17.6 Å². The summed E-state index contributed by atoms with van der Waals surface area (Å²) in [5.41, 5.74) is 1.68. The predicted molar refractivity (Wildman–Crippen MR) is 104 cm³/mol. The van der Waals surface area contributed by atoms with Gasteiger partial charge in [0, 0.05) is 23.7 Å². The van der Waals surface area contributed by atoms with Gasteiger partial charge in [-0.25, -0.2) is 4.79 Å². The zero-order chi connectivity index (χ0) is 18.6. The van der Waals surface area contributed by atoms with Gasteiger partial charge in [-0.05, 0) is 38.1 Å². The second-order valence-corrected chi connectivity index (χ2v) is 7.26. The molecule has 5 heteroatoms. The van der Waals surface area contributed by atoms with Crippen molar-refractivity contribution in [3.05, 3.63) is 66.2 Å². The number of para-hydroxylation sites is 1. The Bertz CT molecular complexity index is 786. The lowest BCUT2D eigenvalue weighted by molar-refractivity contribution is 0.0750. The summed E-state index contributed by atoms with van der Waals surface area (Å²) in [6.45, 7) is 3.03. The molecule has 2 aliphatic rings. The van der Waals surface area contributed by atoms with Crippen LogP contribution in [-0.2, 0) is 4.74 Å². The Balaban J connectivity index is 1.29. The number of likely N-dealkylation sites (tertiary alicyclic amines) is 1. The molecule has 0 bridgehead atoms. The van der Waals surface area contributed by atoms with Gasteiger partial charge in [0.25, 0.3) is 0 Å². The van der Waals surface area contributed by atoms with E-state index in [0.29, 0.717) is 6.54 Å². The van der Waals surface area contributed by atoms with Gasteiger partial charge >= 0.3 is 6.09 Å². The number of Topliss-reactive ketones (excluding diaryl/α,β-unsaturated/α-hetero) is 1. The highest BCUT2D eigenvalue weighted by molar-refractivity contribution is 5.97. The van der Waals surface area contributed by atoms with E-state index < -0.39 is 0 Å². The van der Waals surface area contributed by atoms with Gasteiger partial charge in [-0.3, -0.25) is 14.6 Å². The number of amides is 1. The Kier molecular flexibility index (Phi) is 5.21. The number of piperidine rings is 1. The van der Waals surface area contributed by atoms with Crippen molar-refractivity contribution in [2.45, 2.75) is 18.9 Å². The van der Waals surface area contributed by atoms with Crippen LogP contribution in [0.1, 0.15) is 23.2 Å². The van der Waals surface area contributed by atoms with E-state index in [1.807, 2.05) is 60.7 Å². The van der Waals surface area contributed by atoms with Gasteiger partial charge in [-0.1, -0.05) is 48.5 Å². The molecule has 140 valence electrons. The van der Waals surface area contributed by atoms with Gasteiger partial charge in [0.05, 0.1) is 6.54 Å². The van der Waals surface area contributed by atoms with Crippen LogP contribution in [0.5, 0.6) is 0 Å². The molecule has 2 aromatic carbocycles. The normalized spacial score (nSPS) is 21.3. The van der Waals surface area contributed by atoms with Crippen molar-refractivity contribution in [2.24, 2.45) is 5.92 Å². The van der Waals surface area contributed by atoms with E-state index >= 15 is 0 Å². The fourth-order valence-corrected chi connectivity index (χ4v) is 3.94. The molecule has 2 aromatic rings. The number of hydrogen-bond acceptors (Lipinski definition) is 4. The van der Waals surface area contributed by atoms with Crippen LogP contribution in [-0.4, -0.2) is 49.1 Å². The predicted octanol–water partition coefficient (Wildman–Crippen LogP) is 3.61. The lowest BCUT2D eigenvalue weighted by Crippen LogP contribution is -2.41. The van der Waals surface area contributed by atoms with E-state index in [0.717, 1.165) is 43.7 Å². The average Bonchev–Trinajstić information content (AvgIpc) is 3.09. The van der Waals surface area contributed by atoms with Crippen LogP contribution in [0.3, 0.4) is 0 Å². The van der Waals surface area contributed by atoms with Crippen molar-refractivity contribution < 1.29 is 14.3 Å². The summed E-state index contributed by atoms with van der Waals surface area (Å²) in [6.07, 6.45) is 1.31. The molecule has 2 fully saturated rings. The molecule has 2 saturated heterocycles. The first kappa shape index (κ1) is 17.7. The quantitative estimate of drug-likeness (QED) is 0.761. The molecule has 0 N–H and O–H groups in total. The molecule has 27 heavy (non-hydrogen) atoms. The number of anilines is 1. The molecule has 1 atom stereocenters. The van der Waals surface area contributed by atoms with E-state index in [1.54, 1.807) is 4.90 Å². The minimum atomic E-state index is -0.277. The summed E-state index contributed by atoms with van der Waals surface area (Å²) in [5, 5.41) is 0. The Morgan fingerprint density at radius 1 is 0.963 bits per heavy atom. The Morgan fingerprint density at radius 3 is 2.26 bits per heavy atom. The molecule has 5 nitrogen and oxygen atoms in total. The maximum Gasteiger partial charge on any atom is 0.414 e. The Morgan fingerprint density at radius 2 is 1.59 bits per heavy atom. The molecule has 1 amide bonds. The Labute approximate surface area is 159 Å².